The standard InChI is InChI=1S/C21H32N4O3.HI/c1-22-20(23-14-17-5-6-18-19(13-17)28-16-27-18)24-15-21(7-3-2-4-8-21)25-9-11-26-12-10-25;/h5-6,13H,2-4,7-12,14-16H2,1H3,(H2,22,23,24);1H. The molecule has 1 saturated carbocycles. The molecule has 1 aromatic carbocycles. The van der Waals surface area contributed by atoms with Gasteiger partial charge in [0, 0.05) is 38.8 Å². The highest BCUT2D eigenvalue weighted by Gasteiger charge is 2.38. The molecule has 29 heavy (non-hydrogen) atoms. The van der Waals surface area contributed by atoms with E-state index in [1.165, 1.54) is 32.1 Å². The molecule has 0 unspecified atom stereocenters. The number of fused-ring (bicyclic) bond motifs is 1. The van der Waals surface area contributed by atoms with E-state index < -0.39 is 0 Å². The Hall–Kier alpha value is -1.26. The van der Waals surface area contributed by atoms with Gasteiger partial charge in [0.05, 0.1) is 13.2 Å². The monoisotopic (exact) mass is 516 g/mol. The third-order valence-electron chi connectivity index (χ3n) is 6.17. The minimum absolute atomic E-state index is 0. The van der Waals surface area contributed by atoms with Crippen LogP contribution in [0.4, 0.5) is 0 Å². The molecular weight excluding hydrogens is 483 g/mol. The quantitative estimate of drug-likeness (QED) is 0.357. The van der Waals surface area contributed by atoms with Crippen LogP contribution in [0.15, 0.2) is 23.2 Å². The van der Waals surface area contributed by atoms with E-state index in [1.807, 2.05) is 19.2 Å². The summed E-state index contributed by atoms with van der Waals surface area (Å²) < 4.78 is 16.4. The minimum Gasteiger partial charge on any atom is -0.454 e. The molecule has 1 aromatic rings. The van der Waals surface area contributed by atoms with Crippen LogP contribution in [0.25, 0.3) is 0 Å². The zero-order valence-electron chi connectivity index (χ0n) is 17.2. The third-order valence-corrected chi connectivity index (χ3v) is 6.17. The van der Waals surface area contributed by atoms with Crippen LogP contribution in [-0.2, 0) is 11.3 Å². The van der Waals surface area contributed by atoms with E-state index in [-0.39, 0.29) is 29.5 Å². The molecule has 1 saturated heterocycles. The molecule has 4 rings (SSSR count). The Morgan fingerprint density at radius 2 is 1.83 bits per heavy atom. The second-order valence-corrected chi connectivity index (χ2v) is 7.85. The van der Waals surface area contributed by atoms with Crippen molar-refractivity contribution in [1.82, 2.24) is 15.5 Å². The fourth-order valence-corrected chi connectivity index (χ4v) is 4.56. The van der Waals surface area contributed by atoms with E-state index in [2.05, 4.69) is 26.6 Å². The molecule has 8 heteroatoms. The number of hydrogen-bond donors (Lipinski definition) is 2. The highest BCUT2D eigenvalue weighted by atomic mass is 127. The molecule has 2 heterocycles. The largest absolute Gasteiger partial charge is 0.454 e. The fraction of sp³-hybridized carbons (Fsp3) is 0.667. The van der Waals surface area contributed by atoms with E-state index in [4.69, 9.17) is 14.2 Å². The molecule has 2 fully saturated rings. The lowest BCUT2D eigenvalue weighted by molar-refractivity contribution is -0.0352. The Morgan fingerprint density at radius 3 is 2.59 bits per heavy atom. The predicted octanol–water partition coefficient (Wildman–Crippen LogP) is 2.73. The third kappa shape index (κ3) is 5.46. The number of guanidine groups is 1. The number of benzene rings is 1. The van der Waals surface area contributed by atoms with Crippen molar-refractivity contribution in [3.8, 4) is 11.5 Å². The summed E-state index contributed by atoms with van der Waals surface area (Å²) in [5, 5.41) is 7.04. The summed E-state index contributed by atoms with van der Waals surface area (Å²) >= 11 is 0. The lowest BCUT2D eigenvalue weighted by atomic mass is 9.80. The van der Waals surface area contributed by atoms with Crippen molar-refractivity contribution in [2.75, 3.05) is 46.7 Å². The number of nitrogens with zero attached hydrogens (tertiary/aromatic N) is 2. The second kappa shape index (κ2) is 10.7. The first-order chi connectivity index (χ1) is 13.8. The summed E-state index contributed by atoms with van der Waals surface area (Å²) in [6.45, 7) is 5.68. The zero-order valence-corrected chi connectivity index (χ0v) is 19.6. The van der Waals surface area contributed by atoms with Crippen LogP contribution in [0.3, 0.4) is 0 Å². The van der Waals surface area contributed by atoms with Gasteiger partial charge in [0.1, 0.15) is 0 Å². The predicted molar refractivity (Wildman–Crippen MR) is 124 cm³/mol. The normalized spacial score (nSPS) is 21.3. The Bertz CT molecular complexity index is 689. The summed E-state index contributed by atoms with van der Waals surface area (Å²) in [6.07, 6.45) is 6.46. The number of hydrogen-bond acceptors (Lipinski definition) is 5. The second-order valence-electron chi connectivity index (χ2n) is 7.85. The SMILES string of the molecule is CN=C(NCc1ccc2c(c1)OCO2)NCC1(N2CCOCC2)CCCCC1.I. The summed E-state index contributed by atoms with van der Waals surface area (Å²) in [5.41, 5.74) is 1.37. The van der Waals surface area contributed by atoms with Gasteiger partial charge in [0.2, 0.25) is 6.79 Å². The maximum absolute atomic E-state index is 5.58. The molecule has 0 bridgehead atoms. The van der Waals surface area contributed by atoms with Crippen LogP contribution in [0.5, 0.6) is 11.5 Å². The molecular formula is C21H33IN4O3. The van der Waals surface area contributed by atoms with E-state index >= 15 is 0 Å². The smallest absolute Gasteiger partial charge is 0.231 e. The molecule has 162 valence electrons. The van der Waals surface area contributed by atoms with Crippen molar-refractivity contribution in [1.29, 1.82) is 0 Å². The van der Waals surface area contributed by atoms with Crippen LogP contribution in [-0.4, -0.2) is 63.1 Å². The summed E-state index contributed by atoms with van der Waals surface area (Å²) in [6, 6.07) is 6.05. The van der Waals surface area contributed by atoms with E-state index in [0.29, 0.717) is 13.3 Å². The van der Waals surface area contributed by atoms with Gasteiger partial charge in [-0.15, -0.1) is 24.0 Å². The molecule has 0 aromatic heterocycles. The zero-order chi connectivity index (χ0) is 19.2. The topological polar surface area (TPSA) is 67.4 Å². The minimum atomic E-state index is 0. The first-order valence-corrected chi connectivity index (χ1v) is 10.4. The summed E-state index contributed by atoms with van der Waals surface area (Å²) in [5.74, 6) is 2.47. The number of aliphatic imine (C=N–C) groups is 1. The number of ether oxygens (including phenoxy) is 3. The summed E-state index contributed by atoms with van der Waals surface area (Å²) in [4.78, 5) is 7.08. The van der Waals surface area contributed by atoms with Gasteiger partial charge in [0.25, 0.3) is 0 Å². The van der Waals surface area contributed by atoms with Gasteiger partial charge in [-0.3, -0.25) is 9.89 Å². The number of nitrogens with one attached hydrogen (secondary N) is 2. The highest BCUT2D eigenvalue weighted by Crippen LogP contribution is 2.34. The average molecular weight is 516 g/mol. The van der Waals surface area contributed by atoms with E-state index in [9.17, 15) is 0 Å². The van der Waals surface area contributed by atoms with Crippen LogP contribution >= 0.6 is 24.0 Å². The highest BCUT2D eigenvalue weighted by molar-refractivity contribution is 14.0. The van der Waals surface area contributed by atoms with Crippen molar-refractivity contribution in [2.24, 2.45) is 4.99 Å². The maximum Gasteiger partial charge on any atom is 0.231 e. The molecule has 7 nitrogen and oxygen atoms in total. The first-order valence-electron chi connectivity index (χ1n) is 10.4. The lowest BCUT2D eigenvalue weighted by Gasteiger charge is -2.48. The molecule has 3 aliphatic rings. The van der Waals surface area contributed by atoms with Crippen molar-refractivity contribution < 1.29 is 14.2 Å². The van der Waals surface area contributed by atoms with Crippen molar-refractivity contribution in [2.45, 2.75) is 44.2 Å². The first kappa shape index (κ1) is 22.4. The van der Waals surface area contributed by atoms with Gasteiger partial charge in [-0.2, -0.15) is 0 Å². The van der Waals surface area contributed by atoms with Gasteiger partial charge in [-0.1, -0.05) is 25.3 Å². The van der Waals surface area contributed by atoms with Crippen LogP contribution in [0.2, 0.25) is 0 Å². The van der Waals surface area contributed by atoms with Gasteiger partial charge in [-0.25, -0.2) is 0 Å². The fourth-order valence-electron chi connectivity index (χ4n) is 4.56. The van der Waals surface area contributed by atoms with E-state index in [1.54, 1.807) is 0 Å². The van der Waals surface area contributed by atoms with Gasteiger partial charge in [0.15, 0.2) is 17.5 Å². The number of rotatable bonds is 5. The van der Waals surface area contributed by atoms with Gasteiger partial charge < -0.3 is 24.8 Å². The molecule has 0 amide bonds. The Balaban J connectivity index is 0.00000240. The van der Waals surface area contributed by atoms with Crippen LogP contribution < -0.4 is 20.1 Å². The molecule has 0 radical (unpaired) electrons. The Labute approximate surface area is 190 Å². The average Bonchev–Trinajstić information content (AvgIpc) is 3.23. The molecule has 2 N–H and O–H groups in total. The van der Waals surface area contributed by atoms with Crippen LogP contribution in [0.1, 0.15) is 37.7 Å². The van der Waals surface area contributed by atoms with Gasteiger partial charge >= 0.3 is 0 Å². The van der Waals surface area contributed by atoms with Crippen LogP contribution in [0, 0.1) is 0 Å². The number of morpholine rings is 1. The Morgan fingerprint density at radius 1 is 1.07 bits per heavy atom. The molecule has 1 aliphatic carbocycles. The number of halogens is 1. The van der Waals surface area contributed by atoms with Crippen molar-refractivity contribution in [3.63, 3.8) is 0 Å². The Kier molecular flexibility index (Phi) is 8.25. The molecule has 2 aliphatic heterocycles. The van der Waals surface area contributed by atoms with Crippen molar-refractivity contribution >= 4 is 29.9 Å². The van der Waals surface area contributed by atoms with E-state index in [0.717, 1.165) is 55.9 Å². The van der Waals surface area contributed by atoms with Gasteiger partial charge in [-0.05, 0) is 30.5 Å². The van der Waals surface area contributed by atoms with Crippen molar-refractivity contribution in [3.05, 3.63) is 23.8 Å². The lowest BCUT2D eigenvalue weighted by Crippen LogP contribution is -2.60. The maximum atomic E-state index is 5.58. The molecule has 0 atom stereocenters. The molecule has 0 spiro atoms. The summed E-state index contributed by atoms with van der Waals surface area (Å²) in [7, 11) is 1.83.